The number of carbonyl (C=O) groups is 2. The van der Waals surface area contributed by atoms with Crippen molar-refractivity contribution in [3.8, 4) is 0 Å². The maximum atomic E-state index is 12.7. The van der Waals surface area contributed by atoms with E-state index in [0.717, 1.165) is 7.11 Å². The molecule has 0 aromatic heterocycles. The molecule has 0 saturated carbocycles. The molecule has 94 valence electrons. The first-order valence-electron chi connectivity index (χ1n) is 4.71. The van der Waals surface area contributed by atoms with Gasteiger partial charge in [-0.25, -0.2) is 8.78 Å². The van der Waals surface area contributed by atoms with E-state index in [0.29, 0.717) is 0 Å². The molecule has 0 aliphatic heterocycles. The molecular weight excluding hydrogens is 222 g/mol. The number of halogens is 2. The summed E-state index contributed by atoms with van der Waals surface area (Å²) in [6.07, 6.45) is -3.40. The van der Waals surface area contributed by atoms with Crippen molar-refractivity contribution < 1.29 is 23.1 Å². The zero-order valence-corrected chi connectivity index (χ0v) is 9.26. The Hall–Kier alpha value is -1.24. The van der Waals surface area contributed by atoms with Crippen LogP contribution in [-0.2, 0) is 14.3 Å². The highest BCUT2D eigenvalue weighted by atomic mass is 19.3. The summed E-state index contributed by atoms with van der Waals surface area (Å²) in [7, 11) is 1.11. The number of methoxy groups -OCH3 is 1. The van der Waals surface area contributed by atoms with Crippen LogP contribution in [0.15, 0.2) is 0 Å². The molecule has 7 heteroatoms. The monoisotopic (exact) mass is 238 g/mol. The average molecular weight is 238 g/mol. The van der Waals surface area contributed by atoms with Crippen LogP contribution in [0.4, 0.5) is 8.78 Å². The van der Waals surface area contributed by atoms with E-state index in [1.54, 1.807) is 0 Å². The summed E-state index contributed by atoms with van der Waals surface area (Å²) in [5, 5.41) is 2.09. The molecule has 1 amide bonds. The minimum atomic E-state index is -2.75. The van der Waals surface area contributed by atoms with Crippen LogP contribution in [0, 0.1) is 0 Å². The van der Waals surface area contributed by atoms with Gasteiger partial charge in [-0.1, -0.05) is 0 Å². The fourth-order valence-electron chi connectivity index (χ4n) is 1.09. The van der Waals surface area contributed by atoms with E-state index in [4.69, 9.17) is 5.73 Å². The van der Waals surface area contributed by atoms with E-state index < -0.39 is 30.3 Å². The Morgan fingerprint density at radius 2 is 2.06 bits per heavy atom. The van der Waals surface area contributed by atoms with Crippen LogP contribution in [0.1, 0.15) is 19.8 Å². The molecule has 1 atom stereocenters. The number of nitrogens with one attached hydrogen (secondary N) is 1. The molecule has 0 heterocycles. The van der Waals surface area contributed by atoms with Crippen LogP contribution in [0.5, 0.6) is 0 Å². The van der Waals surface area contributed by atoms with Gasteiger partial charge in [0.25, 0.3) is 6.43 Å². The highest BCUT2D eigenvalue weighted by molar-refractivity contribution is 5.94. The number of carbonyl (C=O) groups excluding carboxylic acids is 2. The molecule has 5 nitrogen and oxygen atoms in total. The Labute approximate surface area is 92.3 Å². The number of nitrogens with two attached hydrogens (primary N) is 1. The van der Waals surface area contributed by atoms with Crippen molar-refractivity contribution in [3.05, 3.63) is 0 Å². The van der Waals surface area contributed by atoms with Crippen molar-refractivity contribution in [2.45, 2.75) is 31.7 Å². The second-order valence-electron chi connectivity index (χ2n) is 3.56. The third-order valence-electron chi connectivity index (χ3n) is 2.10. The SMILES string of the molecule is COC(=O)CC(=O)NC(C)(CCN)C(F)F. The minimum Gasteiger partial charge on any atom is -0.469 e. The van der Waals surface area contributed by atoms with E-state index in [9.17, 15) is 18.4 Å². The van der Waals surface area contributed by atoms with Gasteiger partial charge in [0.1, 0.15) is 6.42 Å². The molecule has 3 N–H and O–H groups in total. The van der Waals surface area contributed by atoms with Crippen LogP contribution in [0.25, 0.3) is 0 Å². The number of hydrogen-bond donors (Lipinski definition) is 2. The van der Waals surface area contributed by atoms with Crippen molar-refractivity contribution in [2.24, 2.45) is 5.73 Å². The second-order valence-corrected chi connectivity index (χ2v) is 3.56. The highest BCUT2D eigenvalue weighted by Crippen LogP contribution is 2.19. The molecule has 1 unspecified atom stereocenters. The van der Waals surface area contributed by atoms with E-state index >= 15 is 0 Å². The summed E-state index contributed by atoms with van der Waals surface area (Å²) in [6, 6.07) is 0. The molecule has 0 radical (unpaired) electrons. The number of amides is 1. The first-order valence-corrected chi connectivity index (χ1v) is 4.71. The Morgan fingerprint density at radius 1 is 1.50 bits per heavy atom. The summed E-state index contributed by atoms with van der Waals surface area (Å²) in [6.45, 7) is 1.19. The predicted octanol–water partition coefficient (Wildman–Crippen LogP) is 0.0383. The Kier molecular flexibility index (Phi) is 5.87. The third kappa shape index (κ3) is 4.52. The molecule has 0 aliphatic carbocycles. The van der Waals surface area contributed by atoms with Crippen LogP contribution >= 0.6 is 0 Å². The Balaban J connectivity index is 4.40. The van der Waals surface area contributed by atoms with Gasteiger partial charge in [-0.2, -0.15) is 0 Å². The first kappa shape index (κ1) is 14.8. The van der Waals surface area contributed by atoms with Gasteiger partial charge < -0.3 is 15.8 Å². The zero-order chi connectivity index (χ0) is 12.8. The lowest BCUT2D eigenvalue weighted by Gasteiger charge is -2.29. The van der Waals surface area contributed by atoms with Crippen LogP contribution in [-0.4, -0.2) is 37.5 Å². The first-order chi connectivity index (χ1) is 7.35. The molecule has 0 aliphatic rings. The molecule has 0 aromatic rings. The highest BCUT2D eigenvalue weighted by Gasteiger charge is 2.36. The average Bonchev–Trinajstić information content (AvgIpc) is 2.17. The number of hydrogen-bond acceptors (Lipinski definition) is 4. The van der Waals surface area contributed by atoms with Gasteiger partial charge in [-0.3, -0.25) is 9.59 Å². The molecule has 0 rings (SSSR count). The summed E-state index contributed by atoms with van der Waals surface area (Å²) in [5.74, 6) is -1.58. The van der Waals surface area contributed by atoms with Crippen LogP contribution < -0.4 is 11.1 Å². The van der Waals surface area contributed by atoms with Gasteiger partial charge in [0.15, 0.2) is 0 Å². The number of ether oxygens (including phenoxy) is 1. The largest absolute Gasteiger partial charge is 0.469 e. The van der Waals surface area contributed by atoms with Gasteiger partial charge in [0, 0.05) is 0 Å². The van der Waals surface area contributed by atoms with Crippen LogP contribution in [0.2, 0.25) is 0 Å². The summed E-state index contributed by atoms with van der Waals surface area (Å²) >= 11 is 0. The number of rotatable bonds is 6. The topological polar surface area (TPSA) is 81.4 Å². The molecule has 0 spiro atoms. The van der Waals surface area contributed by atoms with Crippen molar-refractivity contribution in [1.82, 2.24) is 5.32 Å². The lowest BCUT2D eigenvalue weighted by atomic mass is 9.98. The maximum Gasteiger partial charge on any atom is 0.315 e. The summed E-state index contributed by atoms with van der Waals surface area (Å²) < 4.78 is 29.6. The Morgan fingerprint density at radius 3 is 2.44 bits per heavy atom. The fraction of sp³-hybridized carbons (Fsp3) is 0.778. The smallest absolute Gasteiger partial charge is 0.315 e. The van der Waals surface area contributed by atoms with Gasteiger partial charge in [-0.05, 0) is 19.9 Å². The Bertz CT molecular complexity index is 261. The summed E-state index contributed by atoms with van der Waals surface area (Å²) in [5.41, 5.74) is 3.47. The normalized spacial score (nSPS) is 14.4. The van der Waals surface area contributed by atoms with Crippen molar-refractivity contribution in [2.75, 3.05) is 13.7 Å². The molecule has 0 aromatic carbocycles. The van der Waals surface area contributed by atoms with Gasteiger partial charge in [0.2, 0.25) is 5.91 Å². The van der Waals surface area contributed by atoms with Gasteiger partial charge in [-0.15, -0.1) is 0 Å². The van der Waals surface area contributed by atoms with Crippen molar-refractivity contribution in [1.29, 1.82) is 0 Å². The standard InChI is InChI=1S/C9H16F2N2O3/c1-9(3-4-12,8(10)11)13-6(14)5-7(15)16-2/h8H,3-5,12H2,1-2H3,(H,13,14). The molecule has 16 heavy (non-hydrogen) atoms. The third-order valence-corrected chi connectivity index (χ3v) is 2.10. The van der Waals surface area contributed by atoms with Crippen molar-refractivity contribution in [3.63, 3.8) is 0 Å². The number of esters is 1. The number of alkyl halides is 2. The molecule has 0 saturated heterocycles. The second kappa shape index (κ2) is 6.37. The van der Waals surface area contributed by atoms with Crippen molar-refractivity contribution >= 4 is 11.9 Å². The van der Waals surface area contributed by atoms with E-state index in [-0.39, 0.29) is 13.0 Å². The maximum absolute atomic E-state index is 12.7. The zero-order valence-electron chi connectivity index (χ0n) is 9.26. The lowest BCUT2D eigenvalue weighted by Crippen LogP contribution is -2.53. The minimum absolute atomic E-state index is 0.0132. The molecule has 0 fully saturated rings. The summed E-state index contributed by atoms with van der Waals surface area (Å²) in [4.78, 5) is 22.0. The fourth-order valence-corrected chi connectivity index (χ4v) is 1.09. The van der Waals surface area contributed by atoms with Gasteiger partial charge in [0.05, 0.1) is 12.6 Å². The van der Waals surface area contributed by atoms with Crippen LogP contribution in [0.3, 0.4) is 0 Å². The molecule has 0 bridgehead atoms. The van der Waals surface area contributed by atoms with E-state index in [1.807, 2.05) is 0 Å². The van der Waals surface area contributed by atoms with Gasteiger partial charge >= 0.3 is 5.97 Å². The molecular formula is C9H16F2N2O3. The van der Waals surface area contributed by atoms with E-state index in [2.05, 4.69) is 10.1 Å². The quantitative estimate of drug-likeness (QED) is 0.505. The predicted molar refractivity (Wildman–Crippen MR) is 52.9 cm³/mol. The van der Waals surface area contributed by atoms with E-state index in [1.165, 1.54) is 6.92 Å². The lowest BCUT2D eigenvalue weighted by molar-refractivity contribution is -0.144.